The Morgan fingerprint density at radius 2 is 1.86 bits per heavy atom. The van der Waals surface area contributed by atoms with Crippen LogP contribution >= 0.6 is 0 Å². The molecule has 184 valence electrons. The minimum atomic E-state index is -4.74. The van der Waals surface area contributed by atoms with Gasteiger partial charge in [-0.3, -0.25) is 9.55 Å². The average Bonchev–Trinajstić information content (AvgIpc) is 2.81. The first-order valence-electron chi connectivity index (χ1n) is 10.9. The van der Waals surface area contributed by atoms with E-state index < -0.39 is 40.7 Å². The van der Waals surface area contributed by atoms with Gasteiger partial charge in [0, 0.05) is 38.0 Å². The fourth-order valence-electron chi connectivity index (χ4n) is 4.36. The van der Waals surface area contributed by atoms with Gasteiger partial charge in [0.2, 0.25) is 5.88 Å². The van der Waals surface area contributed by atoms with Crippen molar-refractivity contribution in [1.82, 2.24) is 14.5 Å². The topological polar surface area (TPSA) is 69.5 Å². The molecule has 1 aromatic carbocycles. The Morgan fingerprint density at radius 3 is 2.60 bits per heavy atom. The van der Waals surface area contributed by atoms with E-state index in [2.05, 4.69) is 14.9 Å². The Bertz CT molecular complexity index is 1300. The van der Waals surface area contributed by atoms with Crippen LogP contribution < -0.4 is 20.1 Å². The third-order valence-electron chi connectivity index (χ3n) is 5.94. The second-order valence-corrected chi connectivity index (χ2v) is 8.45. The van der Waals surface area contributed by atoms with Gasteiger partial charge in [0.15, 0.2) is 17.4 Å². The van der Waals surface area contributed by atoms with Crippen molar-refractivity contribution in [1.29, 1.82) is 0 Å². The Kier molecular flexibility index (Phi) is 5.81. The molecule has 0 unspecified atom stereocenters. The maximum atomic E-state index is 14.6. The summed E-state index contributed by atoms with van der Waals surface area (Å²) >= 11 is 0. The van der Waals surface area contributed by atoms with Crippen molar-refractivity contribution < 1.29 is 31.4 Å². The number of nitrogens with zero attached hydrogens (tertiary/aromatic N) is 4. The fraction of sp³-hybridized carbons (Fsp3) is 0.348. The Labute approximate surface area is 195 Å². The van der Waals surface area contributed by atoms with Gasteiger partial charge >= 0.3 is 11.9 Å². The molecule has 0 radical (unpaired) electrons. The van der Waals surface area contributed by atoms with E-state index in [1.807, 2.05) is 0 Å². The van der Waals surface area contributed by atoms with Crippen LogP contribution in [0.1, 0.15) is 24.1 Å². The van der Waals surface area contributed by atoms with E-state index in [-0.39, 0.29) is 18.1 Å². The van der Waals surface area contributed by atoms with E-state index >= 15 is 0 Å². The SMILES string of the molecule is O=c1nc(OCc2cc(F)c(Oc3ccnc(C(F)(F)F)c3)c(F)c2)cc2n1C[C@@H]1CCCN2C1. The summed E-state index contributed by atoms with van der Waals surface area (Å²) in [5.74, 6) is -2.42. The molecule has 5 rings (SSSR count). The molecule has 0 aliphatic carbocycles. The summed E-state index contributed by atoms with van der Waals surface area (Å²) in [6.07, 6.45) is -1.82. The number of hydrogen-bond donors (Lipinski definition) is 0. The molecule has 1 saturated heterocycles. The van der Waals surface area contributed by atoms with Crippen molar-refractivity contribution in [2.45, 2.75) is 32.2 Å². The summed E-state index contributed by atoms with van der Waals surface area (Å²) in [5, 5.41) is 0. The molecule has 0 N–H and O–H groups in total. The number of aromatic nitrogens is 3. The second kappa shape index (κ2) is 8.82. The van der Waals surface area contributed by atoms with E-state index in [1.54, 1.807) is 10.6 Å². The second-order valence-electron chi connectivity index (χ2n) is 8.45. The van der Waals surface area contributed by atoms with Gasteiger partial charge < -0.3 is 14.4 Å². The molecule has 1 atom stereocenters. The van der Waals surface area contributed by atoms with Crippen molar-refractivity contribution >= 4 is 5.82 Å². The van der Waals surface area contributed by atoms with Crippen molar-refractivity contribution in [2.75, 3.05) is 18.0 Å². The number of ether oxygens (including phenoxy) is 2. The van der Waals surface area contributed by atoms with Gasteiger partial charge in [0.05, 0.1) is 0 Å². The molecule has 2 bridgehead atoms. The van der Waals surface area contributed by atoms with Crippen LogP contribution in [0.4, 0.5) is 27.8 Å². The van der Waals surface area contributed by atoms with E-state index in [4.69, 9.17) is 9.47 Å². The zero-order valence-corrected chi connectivity index (χ0v) is 18.2. The van der Waals surface area contributed by atoms with Crippen LogP contribution in [0, 0.1) is 17.6 Å². The number of anilines is 1. The monoisotopic (exact) mass is 494 g/mol. The molecule has 1 fully saturated rings. The molecule has 35 heavy (non-hydrogen) atoms. The minimum Gasteiger partial charge on any atom is -0.473 e. The number of alkyl halides is 3. The first-order chi connectivity index (χ1) is 16.7. The van der Waals surface area contributed by atoms with Crippen molar-refractivity contribution in [3.8, 4) is 17.4 Å². The standard InChI is InChI=1S/C23H19F5N4O3/c24-16-6-14(7-17(25)21(16)35-15-3-4-29-18(8-15)23(26,27)28)12-34-19-9-20-31-5-1-2-13(10-31)11-32(20)22(33)30-19/h3-4,6-9,13H,1-2,5,10-12H2/t13-/m1/s1. The number of rotatable bonds is 5. The van der Waals surface area contributed by atoms with E-state index in [0.717, 1.165) is 50.3 Å². The third kappa shape index (κ3) is 4.77. The summed E-state index contributed by atoms with van der Waals surface area (Å²) in [7, 11) is 0. The molecule has 2 aromatic heterocycles. The molecule has 0 spiro atoms. The zero-order chi connectivity index (χ0) is 24.7. The highest BCUT2D eigenvalue weighted by Gasteiger charge is 2.33. The van der Waals surface area contributed by atoms with Crippen LogP contribution in [0.2, 0.25) is 0 Å². The van der Waals surface area contributed by atoms with E-state index in [9.17, 15) is 26.7 Å². The fourth-order valence-corrected chi connectivity index (χ4v) is 4.36. The lowest BCUT2D eigenvalue weighted by Crippen LogP contribution is -2.46. The Morgan fingerprint density at radius 1 is 1.09 bits per heavy atom. The van der Waals surface area contributed by atoms with Crippen molar-refractivity contribution in [3.63, 3.8) is 0 Å². The number of benzene rings is 1. The molecule has 2 aliphatic heterocycles. The molecule has 0 amide bonds. The summed E-state index contributed by atoms with van der Waals surface area (Å²) in [6.45, 7) is 1.97. The highest BCUT2D eigenvalue weighted by atomic mass is 19.4. The number of piperidine rings is 1. The van der Waals surface area contributed by atoms with Crippen molar-refractivity contribution in [3.05, 3.63) is 69.9 Å². The first kappa shape index (κ1) is 23.1. The number of fused-ring (bicyclic) bond motifs is 4. The number of pyridine rings is 1. The molecule has 4 heterocycles. The quantitative estimate of drug-likeness (QED) is 0.486. The lowest BCUT2D eigenvalue weighted by atomic mass is 9.96. The van der Waals surface area contributed by atoms with E-state index in [1.165, 1.54) is 0 Å². The molecule has 3 aromatic rings. The largest absolute Gasteiger partial charge is 0.473 e. The van der Waals surface area contributed by atoms with Gasteiger partial charge in [-0.15, -0.1) is 0 Å². The lowest BCUT2D eigenvalue weighted by Gasteiger charge is -2.40. The maximum absolute atomic E-state index is 14.6. The zero-order valence-electron chi connectivity index (χ0n) is 18.2. The lowest BCUT2D eigenvalue weighted by molar-refractivity contribution is -0.141. The van der Waals surface area contributed by atoms with Crippen molar-refractivity contribution in [2.24, 2.45) is 5.92 Å². The van der Waals surface area contributed by atoms with Gasteiger partial charge in [-0.1, -0.05) is 0 Å². The van der Waals surface area contributed by atoms with Crippen LogP contribution in [0.15, 0.2) is 41.3 Å². The van der Waals surface area contributed by atoms with Gasteiger partial charge in [-0.05, 0) is 42.5 Å². The molecule has 12 heteroatoms. The number of halogens is 5. The predicted molar refractivity (Wildman–Crippen MR) is 113 cm³/mol. The highest BCUT2D eigenvalue weighted by molar-refractivity contribution is 5.44. The van der Waals surface area contributed by atoms with Crippen LogP contribution in [0.3, 0.4) is 0 Å². The Hall–Kier alpha value is -3.70. The third-order valence-corrected chi connectivity index (χ3v) is 5.94. The molecule has 2 aliphatic rings. The van der Waals surface area contributed by atoms with Crippen LogP contribution in [0.5, 0.6) is 17.4 Å². The minimum absolute atomic E-state index is 0.0304. The van der Waals surface area contributed by atoms with E-state index in [0.29, 0.717) is 24.3 Å². The Balaban J connectivity index is 1.32. The van der Waals surface area contributed by atoms with Crippen LogP contribution in [-0.2, 0) is 19.3 Å². The van der Waals surface area contributed by atoms with Gasteiger partial charge in [0.25, 0.3) is 0 Å². The van der Waals surface area contributed by atoms with Gasteiger partial charge in [-0.25, -0.2) is 13.6 Å². The normalized spacial score (nSPS) is 17.2. The number of hydrogen-bond acceptors (Lipinski definition) is 6. The summed E-state index contributed by atoms with van der Waals surface area (Å²) in [4.78, 5) is 21.7. The van der Waals surface area contributed by atoms with Crippen LogP contribution in [-0.4, -0.2) is 27.6 Å². The molecule has 0 saturated carbocycles. The molecular formula is C23H19F5N4O3. The summed E-state index contributed by atoms with van der Waals surface area (Å²) < 4.78 is 79.7. The molecular weight excluding hydrogens is 475 g/mol. The predicted octanol–water partition coefficient (Wildman–Crippen LogP) is 4.54. The van der Waals surface area contributed by atoms with Gasteiger partial charge in [0.1, 0.15) is 23.9 Å². The smallest absolute Gasteiger partial charge is 0.433 e. The maximum Gasteiger partial charge on any atom is 0.433 e. The highest BCUT2D eigenvalue weighted by Crippen LogP contribution is 2.34. The summed E-state index contributed by atoms with van der Waals surface area (Å²) in [5.41, 5.74) is -1.63. The van der Waals surface area contributed by atoms with Gasteiger partial charge in [-0.2, -0.15) is 18.2 Å². The summed E-state index contributed by atoms with van der Waals surface area (Å²) in [6, 6.07) is 5.10. The first-order valence-corrected chi connectivity index (χ1v) is 10.9. The average molecular weight is 494 g/mol. The molecule has 7 nitrogen and oxygen atoms in total. The van der Waals surface area contributed by atoms with Crippen LogP contribution in [0.25, 0.3) is 0 Å².